The van der Waals surface area contributed by atoms with Crippen LogP contribution in [-0.2, 0) is 4.79 Å². The lowest BCUT2D eigenvalue weighted by molar-refractivity contribution is -0.497. The normalized spacial score (nSPS) is 30.2. The lowest BCUT2D eigenvalue weighted by Crippen LogP contribution is -2.32. The van der Waals surface area contributed by atoms with Gasteiger partial charge in [-0.3, -0.25) is 14.9 Å². The van der Waals surface area contributed by atoms with E-state index in [1.807, 2.05) is 6.92 Å². The summed E-state index contributed by atoms with van der Waals surface area (Å²) in [5, 5.41) is 10.3. The number of ketones is 1. The molecule has 0 radical (unpaired) electrons. The summed E-state index contributed by atoms with van der Waals surface area (Å²) in [6.07, 6.45) is 2.60. The van der Waals surface area contributed by atoms with E-state index in [0.29, 0.717) is 12.8 Å². The molecule has 0 aromatic heterocycles. The molecule has 1 saturated carbocycles. The quantitative estimate of drug-likeness (QED) is 0.466. The molecule has 0 heterocycles. The highest BCUT2D eigenvalue weighted by Crippen LogP contribution is 2.33. The van der Waals surface area contributed by atoms with Gasteiger partial charge in [0, 0.05) is 23.2 Å². The molecule has 0 aliphatic heterocycles. The van der Waals surface area contributed by atoms with E-state index in [1.165, 1.54) is 0 Å². The second-order valence-corrected chi connectivity index (χ2v) is 3.87. The van der Waals surface area contributed by atoms with Crippen LogP contribution in [0.5, 0.6) is 0 Å². The van der Waals surface area contributed by atoms with Crippen molar-refractivity contribution in [3.8, 4) is 0 Å². The number of hydrogen-bond donors (Lipinski definition) is 0. The maximum absolute atomic E-state index is 11.0. The van der Waals surface area contributed by atoms with Gasteiger partial charge in [-0.1, -0.05) is 6.92 Å². The third-order valence-corrected chi connectivity index (χ3v) is 2.37. The van der Waals surface area contributed by atoms with Gasteiger partial charge in [-0.05, 0) is 12.8 Å². The summed E-state index contributed by atoms with van der Waals surface area (Å²) in [6, 6.07) is 0. The summed E-state index contributed by atoms with van der Waals surface area (Å²) in [7, 11) is 0. The van der Waals surface area contributed by atoms with Gasteiger partial charge in [0.15, 0.2) is 0 Å². The van der Waals surface area contributed by atoms with Crippen molar-refractivity contribution in [3.05, 3.63) is 10.1 Å². The third-order valence-electron chi connectivity index (χ3n) is 2.37. The van der Waals surface area contributed by atoms with Crippen molar-refractivity contribution in [1.82, 2.24) is 0 Å². The smallest absolute Gasteiger partial charge is 0.209 e. The van der Waals surface area contributed by atoms with Gasteiger partial charge in [0.2, 0.25) is 6.54 Å². The number of Topliss-reactive ketones (excluding diaryl/α,β-unsaturated/α-hetero) is 1. The molecule has 4 heteroatoms. The van der Waals surface area contributed by atoms with Crippen LogP contribution in [0.2, 0.25) is 0 Å². The number of nitrogens with zero attached hydrogens (tertiary/aromatic N) is 1. The van der Waals surface area contributed by atoms with Gasteiger partial charge in [-0.15, -0.1) is 0 Å². The van der Waals surface area contributed by atoms with E-state index in [1.54, 1.807) is 0 Å². The van der Waals surface area contributed by atoms with Crippen molar-refractivity contribution in [1.29, 1.82) is 0 Å². The molecule has 12 heavy (non-hydrogen) atoms. The predicted molar refractivity (Wildman–Crippen MR) is 43.4 cm³/mol. The summed E-state index contributed by atoms with van der Waals surface area (Å²) >= 11 is 0. The largest absolute Gasteiger partial charge is 0.300 e. The van der Waals surface area contributed by atoms with Crippen LogP contribution < -0.4 is 0 Å². The van der Waals surface area contributed by atoms with Gasteiger partial charge in [0.05, 0.1) is 0 Å². The molecule has 0 saturated heterocycles. The highest BCUT2D eigenvalue weighted by atomic mass is 16.6. The zero-order chi connectivity index (χ0) is 9.19. The minimum Gasteiger partial charge on any atom is -0.300 e. The molecule has 4 nitrogen and oxygen atoms in total. The highest BCUT2D eigenvalue weighted by Gasteiger charge is 2.35. The van der Waals surface area contributed by atoms with Gasteiger partial charge >= 0.3 is 0 Å². The SMILES string of the molecule is C[C@@]1(C[N+](=O)[O-])CCCC(=O)C1. The Morgan fingerprint density at radius 3 is 2.83 bits per heavy atom. The van der Waals surface area contributed by atoms with Crippen LogP contribution in [0.4, 0.5) is 0 Å². The van der Waals surface area contributed by atoms with Crippen molar-refractivity contribution in [2.75, 3.05) is 6.54 Å². The number of carbonyl (C=O) groups is 1. The molecule has 1 atom stereocenters. The molecule has 1 aliphatic carbocycles. The molecule has 1 aliphatic rings. The van der Waals surface area contributed by atoms with Crippen LogP contribution >= 0.6 is 0 Å². The average Bonchev–Trinajstić information content (AvgIpc) is 1.82. The van der Waals surface area contributed by atoms with E-state index >= 15 is 0 Å². The van der Waals surface area contributed by atoms with Crippen LogP contribution in [0.3, 0.4) is 0 Å². The van der Waals surface area contributed by atoms with Gasteiger partial charge in [-0.25, -0.2) is 0 Å². The predicted octanol–water partition coefficient (Wildman–Crippen LogP) is 1.41. The van der Waals surface area contributed by atoms with E-state index in [4.69, 9.17) is 0 Å². The average molecular weight is 171 g/mol. The Morgan fingerprint density at radius 1 is 1.67 bits per heavy atom. The Kier molecular flexibility index (Phi) is 2.45. The molecule has 1 rings (SSSR count). The molecule has 0 amide bonds. The van der Waals surface area contributed by atoms with Crippen molar-refractivity contribution < 1.29 is 9.72 Å². The molecule has 0 bridgehead atoms. The summed E-state index contributed by atoms with van der Waals surface area (Å²) < 4.78 is 0. The number of rotatable bonds is 2. The fourth-order valence-electron chi connectivity index (χ4n) is 1.81. The van der Waals surface area contributed by atoms with Crippen molar-refractivity contribution in [2.45, 2.75) is 32.6 Å². The Morgan fingerprint density at radius 2 is 2.33 bits per heavy atom. The first-order valence-electron chi connectivity index (χ1n) is 4.15. The first-order valence-corrected chi connectivity index (χ1v) is 4.15. The maximum atomic E-state index is 11.0. The third kappa shape index (κ3) is 2.29. The van der Waals surface area contributed by atoms with Crippen molar-refractivity contribution in [3.63, 3.8) is 0 Å². The Labute approximate surface area is 71.1 Å². The fraction of sp³-hybridized carbons (Fsp3) is 0.875. The lowest BCUT2D eigenvalue weighted by atomic mass is 9.75. The van der Waals surface area contributed by atoms with Gasteiger partial charge < -0.3 is 0 Å². The van der Waals surface area contributed by atoms with Crippen LogP contribution in [0.15, 0.2) is 0 Å². The van der Waals surface area contributed by atoms with E-state index < -0.39 is 0 Å². The van der Waals surface area contributed by atoms with Crippen LogP contribution in [0.1, 0.15) is 32.6 Å². The van der Waals surface area contributed by atoms with Crippen LogP contribution in [0, 0.1) is 15.5 Å². The molecular formula is C8H13NO3. The Bertz CT molecular complexity index is 210. The van der Waals surface area contributed by atoms with E-state index in [-0.39, 0.29) is 22.7 Å². The molecular weight excluding hydrogens is 158 g/mol. The maximum Gasteiger partial charge on any atom is 0.209 e. The fourth-order valence-corrected chi connectivity index (χ4v) is 1.81. The van der Waals surface area contributed by atoms with E-state index in [9.17, 15) is 14.9 Å². The van der Waals surface area contributed by atoms with Crippen LogP contribution in [-0.4, -0.2) is 17.3 Å². The number of hydrogen-bond acceptors (Lipinski definition) is 3. The minimum absolute atomic E-state index is 0.0707. The zero-order valence-electron chi connectivity index (χ0n) is 7.21. The first kappa shape index (κ1) is 9.16. The molecule has 0 unspecified atom stereocenters. The molecule has 0 aromatic carbocycles. The van der Waals surface area contributed by atoms with Crippen molar-refractivity contribution >= 4 is 5.78 Å². The zero-order valence-corrected chi connectivity index (χ0v) is 7.21. The second kappa shape index (κ2) is 3.21. The Balaban J connectivity index is 2.57. The summed E-state index contributed by atoms with van der Waals surface area (Å²) in [4.78, 5) is 21.0. The standard InChI is InChI=1S/C8H13NO3/c1-8(6-9(11)12)4-2-3-7(10)5-8/h2-6H2,1H3/t8-/m1/s1. The number of nitro groups is 1. The summed E-state index contributed by atoms with van der Waals surface area (Å²) in [5.74, 6) is 0.172. The first-order chi connectivity index (χ1) is 5.52. The van der Waals surface area contributed by atoms with E-state index in [0.717, 1.165) is 12.8 Å². The molecule has 1 fully saturated rings. The van der Waals surface area contributed by atoms with Gasteiger partial charge in [-0.2, -0.15) is 0 Å². The molecule has 0 spiro atoms. The monoisotopic (exact) mass is 171 g/mol. The minimum atomic E-state index is -0.376. The molecule has 0 aromatic rings. The summed E-state index contributed by atoms with van der Waals surface area (Å²) in [6.45, 7) is 1.76. The van der Waals surface area contributed by atoms with Gasteiger partial charge in [0.1, 0.15) is 5.78 Å². The lowest BCUT2D eigenvalue weighted by Gasteiger charge is -2.28. The van der Waals surface area contributed by atoms with E-state index in [2.05, 4.69) is 0 Å². The highest BCUT2D eigenvalue weighted by molar-refractivity contribution is 5.79. The van der Waals surface area contributed by atoms with Crippen molar-refractivity contribution in [2.24, 2.45) is 5.41 Å². The Hall–Kier alpha value is -0.930. The van der Waals surface area contributed by atoms with Gasteiger partial charge in [0.25, 0.3) is 0 Å². The summed E-state index contributed by atoms with van der Waals surface area (Å²) in [5.41, 5.74) is -0.376. The topological polar surface area (TPSA) is 60.2 Å². The van der Waals surface area contributed by atoms with Crippen LogP contribution in [0.25, 0.3) is 0 Å². The molecule has 0 N–H and O–H groups in total. The molecule has 68 valence electrons. The second-order valence-electron chi connectivity index (χ2n) is 3.87. The number of carbonyl (C=O) groups excluding carboxylic acids is 1.